The van der Waals surface area contributed by atoms with Crippen LogP contribution in [0.3, 0.4) is 0 Å². The van der Waals surface area contributed by atoms with Gasteiger partial charge in [0.05, 0.1) is 6.54 Å². The van der Waals surface area contributed by atoms with Gasteiger partial charge in [0, 0.05) is 17.9 Å². The van der Waals surface area contributed by atoms with E-state index in [4.69, 9.17) is 0 Å². The summed E-state index contributed by atoms with van der Waals surface area (Å²) in [5.41, 5.74) is 3.15. The van der Waals surface area contributed by atoms with Crippen LogP contribution < -0.4 is 15.5 Å². The minimum atomic E-state index is -0.111. The minimum Gasteiger partial charge on any atom is -0.385 e. The summed E-state index contributed by atoms with van der Waals surface area (Å²) in [6.45, 7) is 1.16. The molecule has 0 radical (unpaired) electrons. The van der Waals surface area contributed by atoms with E-state index in [1.807, 2.05) is 18.2 Å². The number of carbonyl (C=O) groups is 2. The Balaban J connectivity index is 1.91. The number of fused-ring (bicyclic) bond motifs is 1. The van der Waals surface area contributed by atoms with Crippen LogP contribution in [0.5, 0.6) is 0 Å². The molecule has 3 rings (SSSR count). The van der Waals surface area contributed by atoms with Crippen LogP contribution in [-0.4, -0.2) is 31.4 Å². The molecule has 0 spiro atoms. The first kappa shape index (κ1) is 11.1. The Morgan fingerprint density at radius 2 is 2.06 bits per heavy atom. The molecule has 2 aliphatic heterocycles. The lowest BCUT2D eigenvalue weighted by atomic mass is 10.0. The normalized spacial score (nSPS) is 19.0. The maximum atomic E-state index is 11.8. The van der Waals surface area contributed by atoms with Gasteiger partial charge in [-0.3, -0.25) is 9.59 Å². The van der Waals surface area contributed by atoms with Gasteiger partial charge in [-0.2, -0.15) is 0 Å². The molecule has 1 fully saturated rings. The lowest BCUT2D eigenvalue weighted by Gasteiger charge is -2.28. The molecule has 0 aromatic heterocycles. The van der Waals surface area contributed by atoms with Gasteiger partial charge in [0.25, 0.3) is 0 Å². The highest BCUT2D eigenvalue weighted by Crippen LogP contribution is 2.27. The van der Waals surface area contributed by atoms with E-state index >= 15 is 0 Å². The fraction of sp³-hybridized carbons (Fsp3) is 0.385. The molecule has 2 aliphatic rings. The fourth-order valence-corrected chi connectivity index (χ4v) is 2.41. The van der Waals surface area contributed by atoms with E-state index in [1.54, 1.807) is 0 Å². The molecule has 0 unspecified atom stereocenters. The second-order valence-electron chi connectivity index (χ2n) is 4.63. The van der Waals surface area contributed by atoms with Crippen molar-refractivity contribution in [1.82, 2.24) is 5.32 Å². The van der Waals surface area contributed by atoms with Gasteiger partial charge >= 0.3 is 0 Å². The van der Waals surface area contributed by atoms with Crippen LogP contribution in [0.1, 0.15) is 12.0 Å². The highest BCUT2D eigenvalue weighted by molar-refractivity contribution is 6.04. The SMILES string of the molecule is O=C1CN(c2ccc3c(c2)NCCC3)C(=O)CN1. The van der Waals surface area contributed by atoms with Gasteiger partial charge in [-0.15, -0.1) is 0 Å². The highest BCUT2D eigenvalue weighted by atomic mass is 16.2. The van der Waals surface area contributed by atoms with Crippen molar-refractivity contribution in [2.75, 3.05) is 29.9 Å². The van der Waals surface area contributed by atoms with Crippen LogP contribution in [0.4, 0.5) is 11.4 Å². The maximum Gasteiger partial charge on any atom is 0.246 e. The van der Waals surface area contributed by atoms with Crippen molar-refractivity contribution in [2.24, 2.45) is 0 Å². The number of rotatable bonds is 1. The second kappa shape index (κ2) is 4.33. The van der Waals surface area contributed by atoms with Crippen molar-refractivity contribution in [2.45, 2.75) is 12.8 Å². The molecule has 1 aromatic carbocycles. The Morgan fingerprint density at radius 1 is 1.17 bits per heavy atom. The first-order chi connectivity index (χ1) is 8.74. The number of nitrogens with zero attached hydrogens (tertiary/aromatic N) is 1. The number of anilines is 2. The predicted molar refractivity (Wildman–Crippen MR) is 68.6 cm³/mol. The number of carbonyl (C=O) groups excluding carboxylic acids is 2. The zero-order valence-corrected chi connectivity index (χ0v) is 10.0. The van der Waals surface area contributed by atoms with Crippen LogP contribution in [-0.2, 0) is 16.0 Å². The molecule has 94 valence electrons. The van der Waals surface area contributed by atoms with Crippen LogP contribution in [0, 0.1) is 0 Å². The number of piperazine rings is 1. The van der Waals surface area contributed by atoms with Crippen molar-refractivity contribution >= 4 is 23.2 Å². The van der Waals surface area contributed by atoms with Crippen molar-refractivity contribution in [3.63, 3.8) is 0 Å². The van der Waals surface area contributed by atoms with Gasteiger partial charge in [-0.1, -0.05) is 6.07 Å². The molecular weight excluding hydrogens is 230 g/mol. The molecule has 2 amide bonds. The first-order valence-corrected chi connectivity index (χ1v) is 6.18. The van der Waals surface area contributed by atoms with Gasteiger partial charge in [0.15, 0.2) is 0 Å². The molecule has 5 heteroatoms. The molecule has 0 bridgehead atoms. The van der Waals surface area contributed by atoms with E-state index in [1.165, 1.54) is 10.5 Å². The Morgan fingerprint density at radius 3 is 2.94 bits per heavy atom. The van der Waals surface area contributed by atoms with Crippen LogP contribution in [0.15, 0.2) is 18.2 Å². The topological polar surface area (TPSA) is 61.4 Å². The number of hydrogen-bond acceptors (Lipinski definition) is 3. The summed E-state index contributed by atoms with van der Waals surface area (Å²) in [7, 11) is 0. The summed E-state index contributed by atoms with van der Waals surface area (Å²) in [5.74, 6) is -0.175. The molecule has 2 N–H and O–H groups in total. The molecule has 0 saturated carbocycles. The summed E-state index contributed by atoms with van der Waals surface area (Å²) in [6.07, 6.45) is 2.20. The molecule has 1 saturated heterocycles. The first-order valence-electron chi connectivity index (χ1n) is 6.18. The minimum absolute atomic E-state index is 0.0645. The van der Waals surface area contributed by atoms with E-state index in [0.717, 1.165) is 30.8 Å². The van der Waals surface area contributed by atoms with E-state index < -0.39 is 0 Å². The van der Waals surface area contributed by atoms with Crippen molar-refractivity contribution in [1.29, 1.82) is 0 Å². The lowest BCUT2D eigenvalue weighted by molar-refractivity contribution is -0.128. The summed E-state index contributed by atoms with van der Waals surface area (Å²) in [5, 5.41) is 5.88. The third kappa shape index (κ3) is 1.92. The summed E-state index contributed by atoms with van der Waals surface area (Å²) in [4.78, 5) is 24.7. The number of nitrogens with one attached hydrogen (secondary N) is 2. The molecule has 1 aromatic rings. The Labute approximate surface area is 105 Å². The summed E-state index contributed by atoms with van der Waals surface area (Å²) in [6, 6.07) is 5.92. The van der Waals surface area contributed by atoms with Crippen LogP contribution in [0.25, 0.3) is 0 Å². The average molecular weight is 245 g/mol. The third-order valence-corrected chi connectivity index (χ3v) is 3.38. The Bertz CT molecular complexity index is 513. The number of aryl methyl sites for hydroxylation is 1. The van der Waals surface area contributed by atoms with Crippen molar-refractivity contribution in [3.8, 4) is 0 Å². The molecule has 5 nitrogen and oxygen atoms in total. The molecular formula is C13H15N3O2. The molecule has 0 atom stereocenters. The highest BCUT2D eigenvalue weighted by Gasteiger charge is 2.25. The Hall–Kier alpha value is -2.04. The predicted octanol–water partition coefficient (Wildman–Crippen LogP) is 0.507. The van der Waals surface area contributed by atoms with Crippen molar-refractivity contribution < 1.29 is 9.59 Å². The zero-order valence-electron chi connectivity index (χ0n) is 10.0. The lowest BCUT2D eigenvalue weighted by Crippen LogP contribution is -2.51. The van der Waals surface area contributed by atoms with E-state index in [9.17, 15) is 9.59 Å². The van der Waals surface area contributed by atoms with Crippen molar-refractivity contribution in [3.05, 3.63) is 23.8 Å². The number of benzene rings is 1. The standard InChI is InChI=1S/C13H15N3O2/c17-12-8-16(13(18)7-15-12)10-4-3-9-2-1-5-14-11(9)6-10/h3-4,6,14H,1-2,5,7-8H2,(H,15,17). The number of amides is 2. The van der Waals surface area contributed by atoms with E-state index in [0.29, 0.717) is 0 Å². The Kier molecular flexibility index (Phi) is 2.66. The maximum absolute atomic E-state index is 11.8. The smallest absolute Gasteiger partial charge is 0.246 e. The largest absolute Gasteiger partial charge is 0.385 e. The van der Waals surface area contributed by atoms with Gasteiger partial charge < -0.3 is 15.5 Å². The van der Waals surface area contributed by atoms with Gasteiger partial charge in [-0.25, -0.2) is 0 Å². The molecule has 2 heterocycles. The summed E-state index contributed by atoms with van der Waals surface area (Å²) >= 11 is 0. The van der Waals surface area contributed by atoms with Gasteiger partial charge in [0.1, 0.15) is 6.54 Å². The third-order valence-electron chi connectivity index (χ3n) is 3.38. The monoisotopic (exact) mass is 245 g/mol. The number of hydrogen-bond donors (Lipinski definition) is 2. The quantitative estimate of drug-likeness (QED) is 0.757. The molecule has 0 aliphatic carbocycles. The van der Waals surface area contributed by atoms with Crippen LogP contribution >= 0.6 is 0 Å². The molecule has 18 heavy (non-hydrogen) atoms. The van der Waals surface area contributed by atoms with E-state index in [2.05, 4.69) is 10.6 Å². The van der Waals surface area contributed by atoms with Gasteiger partial charge in [-0.05, 0) is 30.5 Å². The van der Waals surface area contributed by atoms with Gasteiger partial charge in [0.2, 0.25) is 11.8 Å². The fourth-order valence-electron chi connectivity index (χ4n) is 2.41. The van der Waals surface area contributed by atoms with E-state index in [-0.39, 0.29) is 24.9 Å². The summed E-state index contributed by atoms with van der Waals surface area (Å²) < 4.78 is 0. The second-order valence-corrected chi connectivity index (χ2v) is 4.63. The average Bonchev–Trinajstić information content (AvgIpc) is 2.41. The van der Waals surface area contributed by atoms with Crippen LogP contribution in [0.2, 0.25) is 0 Å². The zero-order chi connectivity index (χ0) is 12.5.